The van der Waals surface area contributed by atoms with Crippen LogP contribution >= 0.6 is 0 Å². The second-order valence-corrected chi connectivity index (χ2v) is 4.27. The molecule has 0 spiro atoms. The van der Waals surface area contributed by atoms with Crippen molar-refractivity contribution < 1.29 is 0 Å². The summed E-state index contributed by atoms with van der Waals surface area (Å²) in [6, 6.07) is 10.3. The highest BCUT2D eigenvalue weighted by atomic mass is 15.0. The minimum absolute atomic E-state index is 0.761. The van der Waals surface area contributed by atoms with Gasteiger partial charge in [-0.1, -0.05) is 29.8 Å². The van der Waals surface area contributed by atoms with Gasteiger partial charge in [-0.05, 0) is 25.0 Å². The Morgan fingerprint density at radius 1 is 1.24 bits per heavy atom. The quantitative estimate of drug-likeness (QED) is 0.847. The van der Waals surface area contributed by atoms with Crippen molar-refractivity contribution in [1.82, 2.24) is 4.98 Å². The van der Waals surface area contributed by atoms with Gasteiger partial charge in [0.1, 0.15) is 5.82 Å². The molecule has 0 bridgehead atoms. The van der Waals surface area contributed by atoms with E-state index in [1.807, 2.05) is 13.0 Å². The highest BCUT2D eigenvalue weighted by molar-refractivity contribution is 5.53. The number of rotatable bonds is 3. The number of hydrogen-bond acceptors (Lipinski definition) is 3. The Hall–Kier alpha value is -2.03. The predicted octanol–water partition coefficient (Wildman–Crippen LogP) is 2.89. The summed E-state index contributed by atoms with van der Waals surface area (Å²) in [5.74, 6) is 0.814. The SMILES string of the molecule is Cc1cccc(CNc2cc(N)c(C)cn2)c1. The summed E-state index contributed by atoms with van der Waals surface area (Å²) in [6.07, 6.45) is 1.79. The Morgan fingerprint density at radius 2 is 2.06 bits per heavy atom. The van der Waals surface area contributed by atoms with Gasteiger partial charge in [0.05, 0.1) is 0 Å². The fourth-order valence-corrected chi connectivity index (χ4v) is 1.65. The first-order valence-electron chi connectivity index (χ1n) is 5.66. The van der Waals surface area contributed by atoms with Gasteiger partial charge in [-0.25, -0.2) is 4.98 Å². The van der Waals surface area contributed by atoms with Crippen molar-refractivity contribution in [1.29, 1.82) is 0 Å². The summed E-state index contributed by atoms with van der Waals surface area (Å²) in [5.41, 5.74) is 10.1. The maximum atomic E-state index is 5.83. The summed E-state index contributed by atoms with van der Waals surface area (Å²) >= 11 is 0. The van der Waals surface area contributed by atoms with Crippen molar-refractivity contribution in [3.8, 4) is 0 Å². The zero-order valence-corrected chi connectivity index (χ0v) is 10.2. The van der Waals surface area contributed by atoms with Crippen LogP contribution in [0.1, 0.15) is 16.7 Å². The normalized spacial score (nSPS) is 10.2. The molecule has 0 aliphatic carbocycles. The van der Waals surface area contributed by atoms with Gasteiger partial charge in [0.25, 0.3) is 0 Å². The molecule has 2 aromatic rings. The Labute approximate surface area is 102 Å². The number of nitrogen functional groups attached to an aromatic ring is 1. The van der Waals surface area contributed by atoms with Crippen molar-refractivity contribution in [3.63, 3.8) is 0 Å². The van der Waals surface area contributed by atoms with Crippen LogP contribution in [-0.2, 0) is 6.54 Å². The number of nitrogens with one attached hydrogen (secondary N) is 1. The second kappa shape index (κ2) is 4.87. The molecule has 1 aromatic heterocycles. The summed E-state index contributed by atoms with van der Waals surface area (Å²) in [4.78, 5) is 4.29. The third kappa shape index (κ3) is 2.97. The summed E-state index contributed by atoms with van der Waals surface area (Å²) in [6.45, 7) is 4.80. The summed E-state index contributed by atoms with van der Waals surface area (Å²) in [7, 11) is 0. The van der Waals surface area contributed by atoms with Crippen molar-refractivity contribution in [2.24, 2.45) is 0 Å². The molecule has 0 atom stereocenters. The van der Waals surface area contributed by atoms with Gasteiger partial charge in [0.2, 0.25) is 0 Å². The molecule has 0 saturated carbocycles. The Morgan fingerprint density at radius 3 is 2.76 bits per heavy atom. The molecule has 3 heteroatoms. The number of aryl methyl sites for hydroxylation is 2. The topological polar surface area (TPSA) is 50.9 Å². The van der Waals surface area contributed by atoms with Crippen molar-refractivity contribution in [2.45, 2.75) is 20.4 Å². The molecule has 88 valence electrons. The van der Waals surface area contributed by atoms with Crippen LogP contribution in [0.3, 0.4) is 0 Å². The Bertz CT molecular complexity index is 521. The van der Waals surface area contributed by atoms with Crippen LogP contribution in [0.4, 0.5) is 11.5 Å². The minimum atomic E-state index is 0.761. The number of nitrogens with two attached hydrogens (primary N) is 1. The number of anilines is 2. The van der Waals surface area contributed by atoms with Crippen LogP contribution in [0, 0.1) is 13.8 Å². The number of aromatic nitrogens is 1. The molecule has 2 rings (SSSR count). The number of benzene rings is 1. The zero-order valence-electron chi connectivity index (χ0n) is 10.2. The lowest BCUT2D eigenvalue weighted by Crippen LogP contribution is -2.03. The van der Waals surface area contributed by atoms with Gasteiger partial charge in [-0.3, -0.25) is 0 Å². The summed E-state index contributed by atoms with van der Waals surface area (Å²) in [5, 5.41) is 3.27. The van der Waals surface area contributed by atoms with Gasteiger partial charge >= 0.3 is 0 Å². The van der Waals surface area contributed by atoms with E-state index in [0.29, 0.717) is 0 Å². The van der Waals surface area contributed by atoms with Crippen molar-refractivity contribution >= 4 is 11.5 Å². The molecule has 0 aliphatic rings. The molecule has 0 aliphatic heterocycles. The van der Waals surface area contributed by atoms with E-state index < -0.39 is 0 Å². The lowest BCUT2D eigenvalue weighted by molar-refractivity contribution is 1.10. The standard InChI is InChI=1S/C14H17N3/c1-10-4-3-5-12(6-10)9-17-14-7-13(15)11(2)8-16-14/h3-8H,9H2,1-2H3,(H3,15,16,17). The predicted molar refractivity (Wildman–Crippen MR) is 71.9 cm³/mol. The molecule has 1 heterocycles. The molecule has 3 nitrogen and oxygen atoms in total. The molecule has 3 N–H and O–H groups in total. The Kier molecular flexibility index (Phi) is 3.28. The highest BCUT2D eigenvalue weighted by Gasteiger charge is 1.98. The van der Waals surface area contributed by atoms with Crippen LogP contribution in [0.25, 0.3) is 0 Å². The van der Waals surface area contributed by atoms with Gasteiger partial charge in [-0.2, -0.15) is 0 Å². The van der Waals surface area contributed by atoms with Crippen LogP contribution in [0.2, 0.25) is 0 Å². The van der Waals surface area contributed by atoms with E-state index in [0.717, 1.165) is 23.6 Å². The molecule has 17 heavy (non-hydrogen) atoms. The lowest BCUT2D eigenvalue weighted by Gasteiger charge is -2.08. The fourth-order valence-electron chi connectivity index (χ4n) is 1.65. The largest absolute Gasteiger partial charge is 0.398 e. The average molecular weight is 227 g/mol. The van der Waals surface area contributed by atoms with Crippen LogP contribution < -0.4 is 11.1 Å². The van der Waals surface area contributed by atoms with Crippen LogP contribution in [0.15, 0.2) is 36.5 Å². The first-order valence-corrected chi connectivity index (χ1v) is 5.66. The monoisotopic (exact) mass is 227 g/mol. The zero-order chi connectivity index (χ0) is 12.3. The first-order chi connectivity index (χ1) is 8.15. The molecule has 0 amide bonds. The second-order valence-electron chi connectivity index (χ2n) is 4.27. The minimum Gasteiger partial charge on any atom is -0.398 e. The maximum Gasteiger partial charge on any atom is 0.128 e. The fraction of sp³-hybridized carbons (Fsp3) is 0.214. The molecule has 0 fully saturated rings. The molecular weight excluding hydrogens is 210 g/mol. The van der Waals surface area contributed by atoms with Crippen molar-refractivity contribution in [2.75, 3.05) is 11.1 Å². The van der Waals surface area contributed by atoms with E-state index in [1.54, 1.807) is 6.20 Å². The molecular formula is C14H17N3. The smallest absolute Gasteiger partial charge is 0.128 e. The lowest BCUT2D eigenvalue weighted by atomic mass is 10.1. The number of pyridine rings is 1. The van der Waals surface area contributed by atoms with E-state index in [9.17, 15) is 0 Å². The van der Waals surface area contributed by atoms with E-state index in [2.05, 4.69) is 41.5 Å². The molecule has 0 unspecified atom stereocenters. The number of hydrogen-bond donors (Lipinski definition) is 2. The van der Waals surface area contributed by atoms with Crippen LogP contribution in [0.5, 0.6) is 0 Å². The number of nitrogens with zero attached hydrogens (tertiary/aromatic N) is 1. The maximum absolute atomic E-state index is 5.83. The molecule has 1 aromatic carbocycles. The first kappa shape index (κ1) is 11.5. The van der Waals surface area contributed by atoms with E-state index >= 15 is 0 Å². The Balaban J connectivity index is 2.05. The van der Waals surface area contributed by atoms with E-state index in [1.165, 1.54) is 11.1 Å². The van der Waals surface area contributed by atoms with Crippen LogP contribution in [-0.4, -0.2) is 4.98 Å². The van der Waals surface area contributed by atoms with Gasteiger partial charge in [-0.15, -0.1) is 0 Å². The van der Waals surface area contributed by atoms with Crippen molar-refractivity contribution in [3.05, 3.63) is 53.2 Å². The van der Waals surface area contributed by atoms with E-state index in [-0.39, 0.29) is 0 Å². The molecule has 0 radical (unpaired) electrons. The van der Waals surface area contributed by atoms with Gasteiger partial charge in [0, 0.05) is 24.5 Å². The molecule has 0 saturated heterocycles. The summed E-state index contributed by atoms with van der Waals surface area (Å²) < 4.78 is 0. The van der Waals surface area contributed by atoms with Gasteiger partial charge in [0.15, 0.2) is 0 Å². The van der Waals surface area contributed by atoms with Gasteiger partial charge < -0.3 is 11.1 Å². The average Bonchev–Trinajstić information content (AvgIpc) is 2.31. The third-order valence-corrected chi connectivity index (χ3v) is 2.70. The third-order valence-electron chi connectivity index (χ3n) is 2.70. The van der Waals surface area contributed by atoms with E-state index in [4.69, 9.17) is 5.73 Å². The highest BCUT2D eigenvalue weighted by Crippen LogP contribution is 2.14.